The summed E-state index contributed by atoms with van der Waals surface area (Å²) in [6.07, 6.45) is 4.74. The monoisotopic (exact) mass is 311 g/mol. The molecule has 0 radical (unpaired) electrons. The molecular weight excluding hydrogens is 285 g/mol. The van der Waals surface area contributed by atoms with Gasteiger partial charge in [0.15, 0.2) is 0 Å². The SMILES string of the molecule is CCCCC(CC)CNC(=O)CSCc1ccc(F)cc1. The highest BCUT2D eigenvalue weighted by atomic mass is 32.2. The van der Waals surface area contributed by atoms with Crippen LogP contribution in [0.3, 0.4) is 0 Å². The Hall–Kier alpha value is -1.03. The predicted octanol–water partition coefficient (Wildman–Crippen LogP) is 4.39. The quantitative estimate of drug-likeness (QED) is 0.694. The Morgan fingerprint density at radius 3 is 2.62 bits per heavy atom. The number of hydrogen-bond donors (Lipinski definition) is 1. The summed E-state index contributed by atoms with van der Waals surface area (Å²) in [7, 11) is 0. The van der Waals surface area contributed by atoms with Crippen molar-refractivity contribution in [3.05, 3.63) is 35.6 Å². The molecule has 1 N–H and O–H groups in total. The standard InChI is InChI=1S/C17H26FNOS/c1-3-5-6-14(4-2)11-19-17(20)13-21-12-15-7-9-16(18)10-8-15/h7-10,14H,3-6,11-13H2,1-2H3,(H,19,20). The molecule has 0 heterocycles. The first kappa shape index (κ1) is 18.0. The lowest BCUT2D eigenvalue weighted by Crippen LogP contribution is -2.30. The molecule has 1 rings (SSSR count). The molecule has 21 heavy (non-hydrogen) atoms. The van der Waals surface area contributed by atoms with Crippen LogP contribution in [0.1, 0.15) is 45.1 Å². The zero-order valence-electron chi connectivity index (χ0n) is 13.0. The molecule has 2 nitrogen and oxygen atoms in total. The average molecular weight is 311 g/mol. The summed E-state index contributed by atoms with van der Waals surface area (Å²) in [5.74, 6) is 1.66. The fourth-order valence-electron chi connectivity index (χ4n) is 2.09. The third-order valence-electron chi connectivity index (χ3n) is 3.55. The summed E-state index contributed by atoms with van der Waals surface area (Å²) in [5.41, 5.74) is 1.04. The maximum Gasteiger partial charge on any atom is 0.230 e. The van der Waals surface area contributed by atoms with Crippen LogP contribution in [0.5, 0.6) is 0 Å². The number of thioether (sulfide) groups is 1. The maximum atomic E-state index is 12.8. The number of hydrogen-bond acceptors (Lipinski definition) is 2. The van der Waals surface area contributed by atoms with Crippen molar-refractivity contribution in [2.24, 2.45) is 5.92 Å². The smallest absolute Gasteiger partial charge is 0.230 e. The highest BCUT2D eigenvalue weighted by Crippen LogP contribution is 2.13. The number of nitrogens with one attached hydrogen (secondary N) is 1. The molecule has 1 amide bonds. The number of carbonyl (C=O) groups excluding carboxylic acids is 1. The first-order valence-corrected chi connectivity index (χ1v) is 8.90. The van der Waals surface area contributed by atoms with Gasteiger partial charge in [0.1, 0.15) is 5.82 Å². The van der Waals surface area contributed by atoms with Gasteiger partial charge in [0.05, 0.1) is 5.75 Å². The van der Waals surface area contributed by atoms with Crippen molar-refractivity contribution in [1.82, 2.24) is 5.32 Å². The van der Waals surface area contributed by atoms with E-state index >= 15 is 0 Å². The van der Waals surface area contributed by atoms with Crippen molar-refractivity contribution in [3.63, 3.8) is 0 Å². The summed E-state index contributed by atoms with van der Waals surface area (Å²) in [4.78, 5) is 11.8. The molecule has 0 bridgehead atoms. The number of unbranched alkanes of at least 4 members (excludes halogenated alkanes) is 1. The molecule has 1 aromatic rings. The predicted molar refractivity (Wildman–Crippen MR) is 88.9 cm³/mol. The zero-order valence-corrected chi connectivity index (χ0v) is 13.8. The van der Waals surface area contributed by atoms with Crippen LogP contribution in [0, 0.1) is 11.7 Å². The minimum Gasteiger partial charge on any atom is -0.355 e. The molecule has 118 valence electrons. The van der Waals surface area contributed by atoms with E-state index in [1.165, 1.54) is 31.4 Å². The van der Waals surface area contributed by atoms with Crippen LogP contribution in [-0.2, 0) is 10.5 Å². The molecule has 0 aromatic heterocycles. The topological polar surface area (TPSA) is 29.1 Å². The minimum atomic E-state index is -0.223. The Balaban J connectivity index is 2.17. The summed E-state index contributed by atoms with van der Waals surface area (Å²) in [5, 5.41) is 3.02. The van der Waals surface area contributed by atoms with Gasteiger partial charge in [0.2, 0.25) is 5.91 Å². The van der Waals surface area contributed by atoms with Crippen LogP contribution >= 0.6 is 11.8 Å². The fourth-order valence-corrected chi connectivity index (χ4v) is 2.91. The van der Waals surface area contributed by atoms with Crippen molar-refractivity contribution in [2.75, 3.05) is 12.3 Å². The number of carbonyl (C=O) groups is 1. The second-order valence-electron chi connectivity index (χ2n) is 5.34. The lowest BCUT2D eigenvalue weighted by molar-refractivity contribution is -0.118. The van der Waals surface area contributed by atoms with E-state index in [2.05, 4.69) is 19.2 Å². The molecule has 0 fully saturated rings. The second-order valence-corrected chi connectivity index (χ2v) is 6.33. The van der Waals surface area contributed by atoms with E-state index in [1.54, 1.807) is 23.9 Å². The zero-order chi connectivity index (χ0) is 15.5. The Morgan fingerprint density at radius 2 is 2.00 bits per heavy atom. The molecule has 4 heteroatoms. The third-order valence-corrected chi connectivity index (χ3v) is 4.55. The van der Waals surface area contributed by atoms with Crippen LogP contribution in [0.2, 0.25) is 0 Å². The van der Waals surface area contributed by atoms with Gasteiger partial charge in [0.25, 0.3) is 0 Å². The normalized spacial score (nSPS) is 12.1. The first-order chi connectivity index (χ1) is 10.2. The van der Waals surface area contributed by atoms with Gasteiger partial charge in [-0.2, -0.15) is 0 Å². The van der Waals surface area contributed by atoms with E-state index in [0.29, 0.717) is 11.7 Å². The Kier molecular flexibility index (Phi) is 9.15. The summed E-state index contributed by atoms with van der Waals surface area (Å²) < 4.78 is 12.8. The molecule has 0 aliphatic carbocycles. The minimum absolute atomic E-state index is 0.0945. The van der Waals surface area contributed by atoms with Gasteiger partial charge in [-0.15, -0.1) is 11.8 Å². The summed E-state index contributed by atoms with van der Waals surface area (Å²) in [6, 6.07) is 6.43. The third kappa shape index (κ3) is 8.10. The fraction of sp³-hybridized carbons (Fsp3) is 0.588. The maximum absolute atomic E-state index is 12.8. The number of halogens is 1. The lowest BCUT2D eigenvalue weighted by atomic mass is 9.99. The van der Waals surface area contributed by atoms with Crippen LogP contribution in [-0.4, -0.2) is 18.2 Å². The van der Waals surface area contributed by atoms with Gasteiger partial charge in [-0.3, -0.25) is 4.79 Å². The molecule has 1 atom stereocenters. The summed E-state index contributed by atoms with van der Waals surface area (Å²) in [6.45, 7) is 5.15. The number of amides is 1. The molecule has 1 aromatic carbocycles. The average Bonchev–Trinajstić information content (AvgIpc) is 2.49. The molecule has 0 spiro atoms. The summed E-state index contributed by atoms with van der Waals surface area (Å²) >= 11 is 1.56. The van der Waals surface area contributed by atoms with Gasteiger partial charge >= 0.3 is 0 Å². The Labute approximate surface area is 131 Å². The lowest BCUT2D eigenvalue weighted by Gasteiger charge is -2.15. The van der Waals surface area contributed by atoms with Gasteiger partial charge < -0.3 is 5.32 Å². The van der Waals surface area contributed by atoms with Gasteiger partial charge in [0, 0.05) is 12.3 Å². The molecule has 0 saturated carbocycles. The molecule has 1 unspecified atom stereocenters. The van der Waals surface area contributed by atoms with Crippen LogP contribution < -0.4 is 5.32 Å². The van der Waals surface area contributed by atoms with Crippen molar-refractivity contribution in [1.29, 1.82) is 0 Å². The second kappa shape index (κ2) is 10.7. The Bertz CT molecular complexity index is 408. The van der Waals surface area contributed by atoms with Gasteiger partial charge in [-0.25, -0.2) is 4.39 Å². The number of rotatable bonds is 10. The van der Waals surface area contributed by atoms with E-state index < -0.39 is 0 Å². The first-order valence-electron chi connectivity index (χ1n) is 7.74. The highest BCUT2D eigenvalue weighted by Gasteiger charge is 2.08. The number of benzene rings is 1. The van der Waals surface area contributed by atoms with Gasteiger partial charge in [-0.1, -0.05) is 45.2 Å². The van der Waals surface area contributed by atoms with E-state index in [0.717, 1.165) is 24.3 Å². The van der Waals surface area contributed by atoms with Crippen LogP contribution in [0.4, 0.5) is 4.39 Å². The largest absolute Gasteiger partial charge is 0.355 e. The molecule has 0 aliphatic heterocycles. The van der Waals surface area contributed by atoms with Crippen molar-refractivity contribution in [3.8, 4) is 0 Å². The van der Waals surface area contributed by atoms with Crippen molar-refractivity contribution >= 4 is 17.7 Å². The van der Waals surface area contributed by atoms with Crippen LogP contribution in [0.25, 0.3) is 0 Å². The van der Waals surface area contributed by atoms with Gasteiger partial charge in [-0.05, 0) is 30.0 Å². The highest BCUT2D eigenvalue weighted by molar-refractivity contribution is 7.99. The van der Waals surface area contributed by atoms with E-state index in [4.69, 9.17) is 0 Å². The molecule has 0 saturated heterocycles. The molecule has 0 aliphatic rings. The van der Waals surface area contributed by atoms with Crippen LogP contribution in [0.15, 0.2) is 24.3 Å². The Morgan fingerprint density at radius 1 is 1.29 bits per heavy atom. The van der Waals surface area contributed by atoms with Crippen molar-refractivity contribution in [2.45, 2.75) is 45.3 Å². The van der Waals surface area contributed by atoms with Crippen molar-refractivity contribution < 1.29 is 9.18 Å². The molecular formula is C17H26FNOS. The van der Waals surface area contributed by atoms with E-state index in [1.807, 2.05) is 0 Å². The van der Waals surface area contributed by atoms with E-state index in [9.17, 15) is 9.18 Å². The van der Waals surface area contributed by atoms with E-state index in [-0.39, 0.29) is 11.7 Å².